The summed E-state index contributed by atoms with van der Waals surface area (Å²) < 4.78 is 0.650. The van der Waals surface area contributed by atoms with Crippen LogP contribution in [0, 0.1) is 0 Å². The van der Waals surface area contributed by atoms with Gasteiger partial charge in [-0.1, -0.05) is 24.6 Å². The maximum atomic E-state index is 11.8. The van der Waals surface area contributed by atoms with Crippen molar-refractivity contribution in [2.45, 2.75) is 25.8 Å². The standard InChI is InChI=1S/C12H16BrClN2O2/c1-2-8(6-7-17)15-12(18)16-10-5-3-4-9(14)11(10)13/h3-5,8,17H,2,6-7H2,1H3,(H2,15,16,18)/t8-/m0/s1. The predicted molar refractivity (Wildman–Crippen MR) is 77.1 cm³/mol. The Morgan fingerprint density at radius 1 is 1.56 bits per heavy atom. The fourth-order valence-electron chi connectivity index (χ4n) is 1.48. The molecule has 0 aromatic heterocycles. The van der Waals surface area contributed by atoms with Crippen molar-refractivity contribution >= 4 is 39.2 Å². The molecule has 1 rings (SSSR count). The molecule has 0 saturated heterocycles. The topological polar surface area (TPSA) is 61.4 Å². The number of amides is 2. The lowest BCUT2D eigenvalue weighted by atomic mass is 10.2. The molecule has 6 heteroatoms. The zero-order valence-corrected chi connectivity index (χ0v) is 12.4. The molecule has 0 heterocycles. The van der Waals surface area contributed by atoms with Gasteiger partial charge in [0.1, 0.15) is 0 Å². The molecule has 0 aliphatic rings. The van der Waals surface area contributed by atoms with Gasteiger partial charge < -0.3 is 15.7 Å². The van der Waals surface area contributed by atoms with E-state index in [9.17, 15) is 4.79 Å². The second-order valence-corrected chi connectivity index (χ2v) is 5.02. The fourth-order valence-corrected chi connectivity index (χ4v) is 2.02. The zero-order valence-electron chi connectivity index (χ0n) is 10.0. The maximum Gasteiger partial charge on any atom is 0.319 e. The van der Waals surface area contributed by atoms with E-state index in [1.54, 1.807) is 18.2 Å². The van der Waals surface area contributed by atoms with E-state index in [-0.39, 0.29) is 18.7 Å². The molecule has 0 spiro atoms. The Morgan fingerprint density at radius 2 is 2.28 bits per heavy atom. The number of aliphatic hydroxyl groups is 1. The molecule has 2 amide bonds. The number of carbonyl (C=O) groups is 1. The number of carbonyl (C=O) groups excluding carboxylic acids is 1. The molecule has 1 atom stereocenters. The van der Waals surface area contributed by atoms with Crippen LogP contribution in [-0.4, -0.2) is 23.8 Å². The van der Waals surface area contributed by atoms with Crippen LogP contribution in [0.15, 0.2) is 22.7 Å². The largest absolute Gasteiger partial charge is 0.396 e. The number of nitrogens with one attached hydrogen (secondary N) is 2. The summed E-state index contributed by atoms with van der Waals surface area (Å²) in [5, 5.41) is 14.9. The Labute approximate surface area is 120 Å². The lowest BCUT2D eigenvalue weighted by Crippen LogP contribution is -2.38. The summed E-state index contributed by atoms with van der Waals surface area (Å²) in [6.07, 6.45) is 1.31. The van der Waals surface area contributed by atoms with E-state index in [0.717, 1.165) is 6.42 Å². The Morgan fingerprint density at radius 3 is 2.89 bits per heavy atom. The van der Waals surface area contributed by atoms with E-state index in [1.165, 1.54) is 0 Å². The van der Waals surface area contributed by atoms with Gasteiger partial charge in [-0.2, -0.15) is 0 Å². The first-order valence-electron chi connectivity index (χ1n) is 5.70. The van der Waals surface area contributed by atoms with Crippen LogP contribution in [0.5, 0.6) is 0 Å². The van der Waals surface area contributed by atoms with Gasteiger partial charge in [-0.05, 0) is 40.9 Å². The number of urea groups is 1. The average molecular weight is 336 g/mol. The molecule has 1 aromatic rings. The first-order valence-corrected chi connectivity index (χ1v) is 6.88. The quantitative estimate of drug-likeness (QED) is 0.772. The number of aliphatic hydroxyl groups excluding tert-OH is 1. The number of anilines is 1. The van der Waals surface area contributed by atoms with Gasteiger partial charge in [0.05, 0.1) is 15.2 Å². The van der Waals surface area contributed by atoms with Crippen molar-refractivity contribution in [2.24, 2.45) is 0 Å². The highest BCUT2D eigenvalue weighted by Crippen LogP contribution is 2.29. The first-order chi connectivity index (χ1) is 8.58. The van der Waals surface area contributed by atoms with Crippen LogP contribution < -0.4 is 10.6 Å². The second kappa shape index (κ2) is 7.61. The molecule has 4 nitrogen and oxygen atoms in total. The molecule has 0 unspecified atom stereocenters. The number of hydrogen-bond acceptors (Lipinski definition) is 2. The molecule has 1 aromatic carbocycles. The third-order valence-corrected chi connectivity index (χ3v) is 3.90. The molecule has 3 N–H and O–H groups in total. The minimum atomic E-state index is -0.307. The van der Waals surface area contributed by atoms with Crippen molar-refractivity contribution in [1.29, 1.82) is 0 Å². The van der Waals surface area contributed by atoms with Gasteiger partial charge in [-0.25, -0.2) is 4.79 Å². The predicted octanol–water partition coefficient (Wildman–Crippen LogP) is 3.39. The Kier molecular flexibility index (Phi) is 6.46. The van der Waals surface area contributed by atoms with E-state index in [2.05, 4.69) is 26.6 Å². The Bertz CT molecular complexity index is 415. The average Bonchev–Trinajstić information content (AvgIpc) is 2.34. The highest BCUT2D eigenvalue weighted by molar-refractivity contribution is 9.10. The van der Waals surface area contributed by atoms with E-state index >= 15 is 0 Å². The minimum absolute atomic E-state index is 0.0343. The van der Waals surface area contributed by atoms with Crippen molar-refractivity contribution in [3.8, 4) is 0 Å². The molecular formula is C12H16BrClN2O2. The molecule has 0 fully saturated rings. The Balaban J connectivity index is 2.61. The van der Waals surface area contributed by atoms with E-state index in [4.69, 9.17) is 16.7 Å². The molecule has 0 aliphatic carbocycles. The van der Waals surface area contributed by atoms with Crippen LogP contribution in [0.2, 0.25) is 5.02 Å². The van der Waals surface area contributed by atoms with Crippen molar-refractivity contribution < 1.29 is 9.90 Å². The van der Waals surface area contributed by atoms with Gasteiger partial charge in [-0.3, -0.25) is 0 Å². The van der Waals surface area contributed by atoms with Crippen LogP contribution in [0.25, 0.3) is 0 Å². The molecule has 0 bridgehead atoms. The van der Waals surface area contributed by atoms with Gasteiger partial charge in [0, 0.05) is 12.6 Å². The first kappa shape index (κ1) is 15.3. The van der Waals surface area contributed by atoms with Crippen molar-refractivity contribution in [2.75, 3.05) is 11.9 Å². The van der Waals surface area contributed by atoms with Crippen molar-refractivity contribution in [3.63, 3.8) is 0 Å². The number of rotatable bonds is 5. The summed E-state index contributed by atoms with van der Waals surface area (Å²) in [5.74, 6) is 0. The zero-order chi connectivity index (χ0) is 13.5. The van der Waals surface area contributed by atoms with E-state index in [1.807, 2.05) is 6.92 Å². The van der Waals surface area contributed by atoms with Crippen LogP contribution in [0.4, 0.5) is 10.5 Å². The van der Waals surface area contributed by atoms with Crippen LogP contribution in [0.3, 0.4) is 0 Å². The lowest BCUT2D eigenvalue weighted by Gasteiger charge is -2.16. The summed E-state index contributed by atoms with van der Waals surface area (Å²) >= 11 is 9.24. The number of hydrogen-bond donors (Lipinski definition) is 3. The monoisotopic (exact) mass is 334 g/mol. The van der Waals surface area contributed by atoms with Crippen LogP contribution in [-0.2, 0) is 0 Å². The van der Waals surface area contributed by atoms with Gasteiger partial charge in [-0.15, -0.1) is 0 Å². The fraction of sp³-hybridized carbons (Fsp3) is 0.417. The van der Waals surface area contributed by atoms with Crippen molar-refractivity contribution in [3.05, 3.63) is 27.7 Å². The summed E-state index contributed by atoms with van der Waals surface area (Å²) in [6.45, 7) is 2.01. The molecule has 0 aliphatic heterocycles. The smallest absolute Gasteiger partial charge is 0.319 e. The van der Waals surface area contributed by atoms with Crippen LogP contribution in [0.1, 0.15) is 19.8 Å². The van der Waals surface area contributed by atoms with E-state index < -0.39 is 0 Å². The van der Waals surface area contributed by atoms with Gasteiger partial charge in [0.25, 0.3) is 0 Å². The SMILES string of the molecule is CC[C@@H](CCO)NC(=O)Nc1cccc(Cl)c1Br. The highest BCUT2D eigenvalue weighted by atomic mass is 79.9. The molecule has 18 heavy (non-hydrogen) atoms. The van der Waals surface area contributed by atoms with Gasteiger partial charge >= 0.3 is 6.03 Å². The normalized spacial score (nSPS) is 12.0. The second-order valence-electron chi connectivity index (χ2n) is 3.82. The lowest BCUT2D eigenvalue weighted by molar-refractivity contribution is 0.237. The van der Waals surface area contributed by atoms with Gasteiger partial charge in [0.15, 0.2) is 0 Å². The number of halogens is 2. The molecular weight excluding hydrogens is 320 g/mol. The number of benzene rings is 1. The summed E-state index contributed by atoms with van der Waals surface area (Å²) in [5.41, 5.74) is 0.610. The maximum absolute atomic E-state index is 11.8. The Hall–Kier alpha value is -0.780. The summed E-state index contributed by atoms with van der Waals surface area (Å²) in [7, 11) is 0. The third kappa shape index (κ3) is 4.48. The third-order valence-electron chi connectivity index (χ3n) is 2.51. The van der Waals surface area contributed by atoms with Gasteiger partial charge in [0.2, 0.25) is 0 Å². The molecule has 100 valence electrons. The summed E-state index contributed by atoms with van der Waals surface area (Å²) in [4.78, 5) is 11.8. The van der Waals surface area contributed by atoms with Crippen molar-refractivity contribution in [1.82, 2.24) is 5.32 Å². The highest BCUT2D eigenvalue weighted by Gasteiger charge is 2.11. The molecule has 0 saturated carbocycles. The molecule has 0 radical (unpaired) electrons. The summed E-state index contributed by atoms with van der Waals surface area (Å²) in [6, 6.07) is 4.90. The van der Waals surface area contributed by atoms with Crippen LogP contribution >= 0.6 is 27.5 Å². The minimum Gasteiger partial charge on any atom is -0.396 e. The van der Waals surface area contributed by atoms with E-state index in [0.29, 0.717) is 21.6 Å².